The summed E-state index contributed by atoms with van der Waals surface area (Å²) in [5.41, 5.74) is 2.51. The fourth-order valence-corrected chi connectivity index (χ4v) is 2.38. The minimum absolute atomic E-state index is 0.426. The van der Waals surface area contributed by atoms with E-state index >= 15 is 0 Å². The van der Waals surface area contributed by atoms with Crippen LogP contribution < -0.4 is 5.32 Å². The van der Waals surface area contributed by atoms with Gasteiger partial charge in [0.25, 0.3) is 0 Å². The van der Waals surface area contributed by atoms with Crippen LogP contribution in [0.4, 0.5) is 0 Å². The van der Waals surface area contributed by atoms with Crippen molar-refractivity contribution < 1.29 is 0 Å². The third kappa shape index (κ3) is 3.24. The van der Waals surface area contributed by atoms with Crippen molar-refractivity contribution in [3.63, 3.8) is 0 Å². The quantitative estimate of drug-likeness (QED) is 0.858. The zero-order valence-electron chi connectivity index (χ0n) is 11.4. The summed E-state index contributed by atoms with van der Waals surface area (Å²) in [5.74, 6) is 1.00. The molecule has 19 heavy (non-hydrogen) atoms. The topological polar surface area (TPSA) is 29.9 Å². The molecule has 3 rings (SSSR count). The Kier molecular flexibility index (Phi) is 3.65. The first-order valence-corrected chi connectivity index (χ1v) is 7.14. The first-order chi connectivity index (χ1) is 9.33. The Morgan fingerprint density at radius 2 is 2.11 bits per heavy atom. The highest BCUT2D eigenvalue weighted by Gasteiger charge is 2.20. The van der Waals surface area contributed by atoms with E-state index < -0.39 is 0 Å². The van der Waals surface area contributed by atoms with E-state index in [1.807, 2.05) is 17.1 Å². The summed E-state index contributed by atoms with van der Waals surface area (Å²) in [7, 11) is 0. The van der Waals surface area contributed by atoms with Gasteiger partial charge in [-0.3, -0.25) is 0 Å². The predicted molar refractivity (Wildman–Crippen MR) is 77.3 cm³/mol. The van der Waals surface area contributed by atoms with Crippen molar-refractivity contribution >= 4 is 0 Å². The predicted octanol–water partition coefficient (Wildman–Crippen LogP) is 3.32. The smallest absolute Gasteiger partial charge is 0.0991 e. The second-order valence-electron chi connectivity index (χ2n) is 5.47. The maximum absolute atomic E-state index is 4.07. The molecule has 0 amide bonds. The molecule has 0 radical (unpaired) electrons. The van der Waals surface area contributed by atoms with Gasteiger partial charge in [-0.25, -0.2) is 4.98 Å². The molecule has 2 aromatic rings. The van der Waals surface area contributed by atoms with Gasteiger partial charge in [0, 0.05) is 24.1 Å². The fraction of sp³-hybridized carbons (Fsp3) is 0.438. The summed E-state index contributed by atoms with van der Waals surface area (Å²) in [6.45, 7) is 3.37. The SMILES string of the molecule is CC(NCCC1CC1)c1ccc(-n2ccnc2)cc1. The summed E-state index contributed by atoms with van der Waals surface area (Å²) in [4.78, 5) is 4.07. The summed E-state index contributed by atoms with van der Waals surface area (Å²) >= 11 is 0. The minimum Gasteiger partial charge on any atom is -0.310 e. The number of aromatic nitrogens is 2. The van der Waals surface area contributed by atoms with E-state index in [2.05, 4.69) is 41.5 Å². The van der Waals surface area contributed by atoms with Crippen LogP contribution in [0.2, 0.25) is 0 Å². The molecule has 1 aliphatic rings. The first-order valence-electron chi connectivity index (χ1n) is 7.14. The highest BCUT2D eigenvalue weighted by molar-refractivity contribution is 5.35. The highest BCUT2D eigenvalue weighted by atomic mass is 15.0. The van der Waals surface area contributed by atoms with Crippen molar-refractivity contribution in [2.45, 2.75) is 32.2 Å². The lowest BCUT2D eigenvalue weighted by atomic mass is 10.1. The Morgan fingerprint density at radius 1 is 1.32 bits per heavy atom. The van der Waals surface area contributed by atoms with Crippen molar-refractivity contribution in [1.29, 1.82) is 0 Å². The number of hydrogen-bond acceptors (Lipinski definition) is 2. The molecule has 100 valence electrons. The molecule has 3 heteroatoms. The normalized spacial score (nSPS) is 16.5. The Hall–Kier alpha value is -1.61. The summed E-state index contributed by atoms with van der Waals surface area (Å²) < 4.78 is 2.02. The van der Waals surface area contributed by atoms with E-state index in [1.165, 1.54) is 24.8 Å². The largest absolute Gasteiger partial charge is 0.310 e. The van der Waals surface area contributed by atoms with Crippen LogP contribution in [0.5, 0.6) is 0 Å². The molecule has 0 aliphatic heterocycles. The molecule has 1 unspecified atom stereocenters. The molecular formula is C16H21N3. The zero-order chi connectivity index (χ0) is 13.1. The lowest BCUT2D eigenvalue weighted by molar-refractivity contribution is 0.539. The molecule has 1 aromatic carbocycles. The number of benzene rings is 1. The van der Waals surface area contributed by atoms with Gasteiger partial charge in [-0.05, 0) is 43.5 Å². The van der Waals surface area contributed by atoms with Crippen LogP contribution >= 0.6 is 0 Å². The van der Waals surface area contributed by atoms with Gasteiger partial charge in [0.2, 0.25) is 0 Å². The van der Waals surface area contributed by atoms with E-state index in [0.29, 0.717) is 6.04 Å². The lowest BCUT2D eigenvalue weighted by Crippen LogP contribution is -2.20. The van der Waals surface area contributed by atoms with Crippen LogP contribution in [0.25, 0.3) is 5.69 Å². The molecule has 1 aromatic heterocycles. The van der Waals surface area contributed by atoms with Gasteiger partial charge in [0.1, 0.15) is 0 Å². The average molecular weight is 255 g/mol. The number of rotatable bonds is 6. The second-order valence-corrected chi connectivity index (χ2v) is 5.47. The Bertz CT molecular complexity index is 497. The molecule has 3 nitrogen and oxygen atoms in total. The van der Waals surface area contributed by atoms with Crippen LogP contribution in [-0.2, 0) is 0 Å². The van der Waals surface area contributed by atoms with Crippen LogP contribution in [0.15, 0.2) is 43.0 Å². The first kappa shape index (κ1) is 12.4. The number of nitrogens with one attached hydrogen (secondary N) is 1. The third-order valence-corrected chi connectivity index (χ3v) is 3.90. The zero-order valence-corrected chi connectivity index (χ0v) is 11.4. The molecule has 1 heterocycles. The van der Waals surface area contributed by atoms with E-state index in [1.54, 1.807) is 6.20 Å². The monoisotopic (exact) mass is 255 g/mol. The summed E-state index contributed by atoms with van der Waals surface area (Å²) in [6, 6.07) is 9.12. The molecule has 1 saturated carbocycles. The van der Waals surface area contributed by atoms with Crippen LogP contribution in [0.3, 0.4) is 0 Å². The van der Waals surface area contributed by atoms with Gasteiger partial charge < -0.3 is 9.88 Å². The van der Waals surface area contributed by atoms with Crippen molar-refractivity contribution in [2.75, 3.05) is 6.54 Å². The van der Waals surface area contributed by atoms with Crippen LogP contribution in [-0.4, -0.2) is 16.1 Å². The molecule has 1 aliphatic carbocycles. The van der Waals surface area contributed by atoms with E-state index in [-0.39, 0.29) is 0 Å². The van der Waals surface area contributed by atoms with Crippen molar-refractivity contribution in [3.05, 3.63) is 48.5 Å². The van der Waals surface area contributed by atoms with Crippen molar-refractivity contribution in [1.82, 2.24) is 14.9 Å². The molecule has 0 spiro atoms. The van der Waals surface area contributed by atoms with Gasteiger partial charge in [0.15, 0.2) is 0 Å². The second kappa shape index (κ2) is 5.57. The summed E-state index contributed by atoms with van der Waals surface area (Å²) in [5, 5.41) is 3.61. The maximum Gasteiger partial charge on any atom is 0.0991 e. The Labute approximate surface area is 114 Å². The molecule has 1 N–H and O–H groups in total. The lowest BCUT2D eigenvalue weighted by Gasteiger charge is -2.14. The van der Waals surface area contributed by atoms with Gasteiger partial charge in [0.05, 0.1) is 6.33 Å². The van der Waals surface area contributed by atoms with E-state index in [4.69, 9.17) is 0 Å². The van der Waals surface area contributed by atoms with Gasteiger partial charge in [-0.1, -0.05) is 25.0 Å². The van der Waals surface area contributed by atoms with Gasteiger partial charge in [-0.2, -0.15) is 0 Å². The Morgan fingerprint density at radius 3 is 2.74 bits per heavy atom. The van der Waals surface area contributed by atoms with Crippen LogP contribution in [0, 0.1) is 5.92 Å². The van der Waals surface area contributed by atoms with Gasteiger partial charge >= 0.3 is 0 Å². The van der Waals surface area contributed by atoms with Crippen molar-refractivity contribution in [2.24, 2.45) is 5.92 Å². The number of hydrogen-bond donors (Lipinski definition) is 1. The molecule has 1 fully saturated rings. The van der Waals surface area contributed by atoms with Crippen molar-refractivity contribution in [3.8, 4) is 5.69 Å². The third-order valence-electron chi connectivity index (χ3n) is 3.90. The number of imidazole rings is 1. The average Bonchev–Trinajstić information content (AvgIpc) is 3.10. The fourth-order valence-electron chi connectivity index (χ4n) is 2.38. The molecule has 0 saturated heterocycles. The molecule has 0 bridgehead atoms. The van der Waals surface area contributed by atoms with E-state index in [9.17, 15) is 0 Å². The maximum atomic E-state index is 4.07. The standard InChI is InChI=1S/C16H21N3/c1-13(18-9-8-14-2-3-14)15-4-6-16(7-5-15)19-11-10-17-12-19/h4-7,10-14,18H,2-3,8-9H2,1H3. The minimum atomic E-state index is 0.426. The van der Waals surface area contributed by atoms with Crippen LogP contribution in [0.1, 0.15) is 37.8 Å². The molecular weight excluding hydrogens is 234 g/mol. The highest BCUT2D eigenvalue weighted by Crippen LogP contribution is 2.31. The summed E-state index contributed by atoms with van der Waals surface area (Å²) in [6.07, 6.45) is 9.80. The molecule has 1 atom stereocenters. The van der Waals surface area contributed by atoms with Gasteiger partial charge in [-0.15, -0.1) is 0 Å². The Balaban J connectivity index is 1.58. The number of nitrogens with zero attached hydrogens (tertiary/aromatic N) is 2. The van der Waals surface area contributed by atoms with E-state index in [0.717, 1.165) is 18.2 Å².